The Morgan fingerprint density at radius 3 is 2.44 bits per heavy atom. The van der Waals surface area contributed by atoms with E-state index in [0.717, 1.165) is 5.56 Å². The summed E-state index contributed by atoms with van der Waals surface area (Å²) in [5, 5.41) is 0.335. The van der Waals surface area contributed by atoms with Crippen LogP contribution in [0.25, 0.3) is 0 Å². The van der Waals surface area contributed by atoms with Gasteiger partial charge < -0.3 is 5.73 Å². The molecule has 0 saturated carbocycles. The Morgan fingerprint density at radius 2 is 1.78 bits per heavy atom. The minimum absolute atomic E-state index is 0.326. The molecule has 0 spiro atoms. The van der Waals surface area contributed by atoms with E-state index in [1.165, 1.54) is 24.3 Å². The lowest BCUT2D eigenvalue weighted by molar-refractivity contribution is 0.617. The molecule has 0 aliphatic carbocycles. The van der Waals surface area contributed by atoms with Crippen LogP contribution in [0.1, 0.15) is 17.2 Å². The number of hydrogen-bond donors (Lipinski definition) is 1. The minimum Gasteiger partial charge on any atom is -0.324 e. The molecule has 2 N–H and O–H groups in total. The van der Waals surface area contributed by atoms with Gasteiger partial charge in [-0.2, -0.15) is 0 Å². The van der Waals surface area contributed by atoms with Crippen LogP contribution in [-0.2, 0) is 6.42 Å². The molecule has 0 aliphatic rings. The highest BCUT2D eigenvalue weighted by atomic mass is 35.5. The van der Waals surface area contributed by atoms with Crippen LogP contribution in [0.4, 0.5) is 8.78 Å². The van der Waals surface area contributed by atoms with Gasteiger partial charge in [-0.1, -0.05) is 29.8 Å². The first-order valence-corrected chi connectivity index (χ1v) is 5.89. The fourth-order valence-corrected chi connectivity index (χ4v) is 2.02. The number of hydrogen-bond acceptors (Lipinski definition) is 1. The van der Waals surface area contributed by atoms with Crippen LogP contribution >= 0.6 is 11.6 Å². The van der Waals surface area contributed by atoms with Gasteiger partial charge in [-0.3, -0.25) is 0 Å². The Hall–Kier alpha value is -1.45. The molecular formula is C14H12ClF2N. The highest BCUT2D eigenvalue weighted by Crippen LogP contribution is 2.23. The summed E-state index contributed by atoms with van der Waals surface area (Å²) in [6.07, 6.45) is 0.433. The van der Waals surface area contributed by atoms with Crippen molar-refractivity contribution in [3.8, 4) is 0 Å². The van der Waals surface area contributed by atoms with Gasteiger partial charge in [0.25, 0.3) is 0 Å². The Bertz CT molecular complexity index is 557. The van der Waals surface area contributed by atoms with Gasteiger partial charge in [-0.25, -0.2) is 8.78 Å². The van der Waals surface area contributed by atoms with E-state index >= 15 is 0 Å². The molecule has 2 aromatic rings. The predicted octanol–water partition coefficient (Wildman–Crippen LogP) is 3.86. The van der Waals surface area contributed by atoms with Crippen molar-refractivity contribution in [2.75, 3.05) is 0 Å². The zero-order valence-electron chi connectivity index (χ0n) is 9.54. The molecule has 0 bridgehead atoms. The third-order valence-corrected chi connectivity index (χ3v) is 3.08. The van der Waals surface area contributed by atoms with Gasteiger partial charge in [-0.15, -0.1) is 0 Å². The summed E-state index contributed by atoms with van der Waals surface area (Å²) in [6.45, 7) is 0. The van der Waals surface area contributed by atoms with E-state index in [1.807, 2.05) is 0 Å². The average Bonchev–Trinajstić information content (AvgIpc) is 2.32. The van der Waals surface area contributed by atoms with E-state index in [0.29, 0.717) is 17.0 Å². The van der Waals surface area contributed by atoms with Crippen LogP contribution in [0.2, 0.25) is 5.02 Å². The SMILES string of the molecule is NC(Cc1ccc(F)cc1Cl)c1cccc(F)c1. The minimum atomic E-state index is -0.386. The quantitative estimate of drug-likeness (QED) is 0.898. The molecule has 1 unspecified atom stereocenters. The summed E-state index contributed by atoms with van der Waals surface area (Å²) >= 11 is 5.92. The molecule has 1 atom stereocenters. The van der Waals surface area contributed by atoms with E-state index in [9.17, 15) is 8.78 Å². The second-order valence-electron chi connectivity index (χ2n) is 4.10. The molecule has 4 heteroatoms. The lowest BCUT2D eigenvalue weighted by Gasteiger charge is -2.13. The van der Waals surface area contributed by atoms with Crippen molar-refractivity contribution in [3.05, 3.63) is 70.2 Å². The van der Waals surface area contributed by atoms with Gasteiger partial charge in [0.2, 0.25) is 0 Å². The van der Waals surface area contributed by atoms with Gasteiger partial charge in [0.15, 0.2) is 0 Å². The average molecular weight is 268 g/mol. The van der Waals surface area contributed by atoms with Crippen molar-refractivity contribution in [3.63, 3.8) is 0 Å². The van der Waals surface area contributed by atoms with E-state index in [1.54, 1.807) is 18.2 Å². The molecule has 0 fully saturated rings. The molecule has 18 heavy (non-hydrogen) atoms. The van der Waals surface area contributed by atoms with Gasteiger partial charge >= 0.3 is 0 Å². The second kappa shape index (κ2) is 5.46. The second-order valence-corrected chi connectivity index (χ2v) is 4.51. The summed E-state index contributed by atoms with van der Waals surface area (Å²) in [5.74, 6) is -0.712. The first-order valence-electron chi connectivity index (χ1n) is 5.51. The van der Waals surface area contributed by atoms with Crippen LogP contribution in [0.3, 0.4) is 0 Å². The molecule has 0 heterocycles. The molecule has 0 aromatic heterocycles. The van der Waals surface area contributed by atoms with Crippen LogP contribution in [0, 0.1) is 11.6 Å². The van der Waals surface area contributed by atoms with Crippen molar-refractivity contribution in [2.45, 2.75) is 12.5 Å². The first-order chi connectivity index (χ1) is 8.56. The summed E-state index contributed by atoms with van der Waals surface area (Å²) in [6, 6.07) is 9.92. The van der Waals surface area contributed by atoms with Crippen LogP contribution in [0.15, 0.2) is 42.5 Å². The molecule has 2 rings (SSSR count). The maximum atomic E-state index is 13.1. The third-order valence-electron chi connectivity index (χ3n) is 2.73. The molecule has 0 amide bonds. The molecule has 0 saturated heterocycles. The largest absolute Gasteiger partial charge is 0.324 e. The maximum absolute atomic E-state index is 13.1. The topological polar surface area (TPSA) is 26.0 Å². The van der Waals surface area contributed by atoms with Crippen molar-refractivity contribution in [2.24, 2.45) is 5.73 Å². The number of nitrogens with two attached hydrogens (primary N) is 1. The van der Waals surface area contributed by atoms with Crippen molar-refractivity contribution in [1.29, 1.82) is 0 Å². The molecule has 0 aliphatic heterocycles. The molecular weight excluding hydrogens is 256 g/mol. The smallest absolute Gasteiger partial charge is 0.124 e. The lowest BCUT2D eigenvalue weighted by atomic mass is 9.99. The normalized spacial score (nSPS) is 12.4. The van der Waals surface area contributed by atoms with E-state index in [2.05, 4.69) is 0 Å². The van der Waals surface area contributed by atoms with E-state index in [4.69, 9.17) is 17.3 Å². The highest BCUT2D eigenvalue weighted by Gasteiger charge is 2.10. The Morgan fingerprint density at radius 1 is 1.06 bits per heavy atom. The Kier molecular flexibility index (Phi) is 3.94. The van der Waals surface area contributed by atoms with Gasteiger partial charge in [0.05, 0.1) is 0 Å². The van der Waals surface area contributed by atoms with E-state index < -0.39 is 0 Å². The summed E-state index contributed by atoms with van der Waals surface area (Å²) in [5.41, 5.74) is 7.42. The van der Waals surface area contributed by atoms with Gasteiger partial charge in [-0.05, 0) is 41.8 Å². The van der Waals surface area contributed by atoms with Gasteiger partial charge in [0.1, 0.15) is 11.6 Å². The zero-order chi connectivity index (χ0) is 13.1. The Balaban J connectivity index is 2.18. The fourth-order valence-electron chi connectivity index (χ4n) is 1.78. The van der Waals surface area contributed by atoms with Crippen molar-refractivity contribution in [1.82, 2.24) is 0 Å². The fraction of sp³-hybridized carbons (Fsp3) is 0.143. The highest BCUT2D eigenvalue weighted by molar-refractivity contribution is 6.31. The molecule has 2 aromatic carbocycles. The summed E-state index contributed by atoms with van der Waals surface area (Å²) < 4.78 is 26.0. The molecule has 1 nitrogen and oxygen atoms in total. The standard InChI is InChI=1S/C14H12ClF2N/c15-13-8-12(17)5-4-9(13)7-14(18)10-2-1-3-11(16)6-10/h1-6,8,14H,7,18H2. The van der Waals surface area contributed by atoms with Crippen molar-refractivity contribution < 1.29 is 8.78 Å². The monoisotopic (exact) mass is 267 g/mol. The van der Waals surface area contributed by atoms with E-state index in [-0.39, 0.29) is 17.7 Å². The molecule has 0 radical (unpaired) electrons. The van der Waals surface area contributed by atoms with Crippen molar-refractivity contribution >= 4 is 11.6 Å². The Labute approximate surface area is 109 Å². The van der Waals surface area contributed by atoms with Crippen LogP contribution in [0.5, 0.6) is 0 Å². The third kappa shape index (κ3) is 3.06. The van der Waals surface area contributed by atoms with Gasteiger partial charge in [0, 0.05) is 11.1 Å². The maximum Gasteiger partial charge on any atom is 0.124 e. The van der Waals surface area contributed by atoms with Crippen LogP contribution in [-0.4, -0.2) is 0 Å². The number of benzene rings is 2. The predicted molar refractivity (Wildman–Crippen MR) is 68.4 cm³/mol. The summed E-state index contributed by atoms with van der Waals surface area (Å²) in [4.78, 5) is 0. The molecule has 94 valence electrons. The first kappa shape index (κ1) is 13.0. The van der Waals surface area contributed by atoms with Crippen LogP contribution < -0.4 is 5.73 Å². The number of rotatable bonds is 3. The lowest BCUT2D eigenvalue weighted by Crippen LogP contribution is -2.13. The summed E-state index contributed by atoms with van der Waals surface area (Å²) in [7, 11) is 0. The zero-order valence-corrected chi connectivity index (χ0v) is 10.3. The number of halogens is 3.